The van der Waals surface area contributed by atoms with Gasteiger partial charge in [0.25, 0.3) is 11.7 Å². The lowest BCUT2D eigenvalue weighted by molar-refractivity contribution is -0.132. The molecule has 0 spiro atoms. The van der Waals surface area contributed by atoms with Gasteiger partial charge in [-0.25, -0.2) is 0 Å². The van der Waals surface area contributed by atoms with E-state index in [1.807, 2.05) is 25.1 Å². The first-order valence-electron chi connectivity index (χ1n) is 9.54. The number of benzene rings is 2. The Balaban J connectivity index is 1.93. The second kappa shape index (κ2) is 8.35. The summed E-state index contributed by atoms with van der Waals surface area (Å²) in [5, 5.41) is 11.2. The number of hydrogen-bond donors (Lipinski definition) is 1. The van der Waals surface area contributed by atoms with Gasteiger partial charge in [-0.05, 0) is 76.4 Å². The van der Waals surface area contributed by atoms with Crippen LogP contribution in [0.15, 0.2) is 77.0 Å². The molecule has 0 saturated carbocycles. The van der Waals surface area contributed by atoms with E-state index in [2.05, 4.69) is 20.9 Å². The summed E-state index contributed by atoms with van der Waals surface area (Å²) in [4.78, 5) is 31.7. The minimum absolute atomic E-state index is 0.0229. The van der Waals surface area contributed by atoms with Crippen LogP contribution in [-0.2, 0) is 9.59 Å². The number of hydrogen-bond acceptors (Lipinski definition) is 5. The average Bonchev–Trinajstić information content (AvgIpc) is 3.04. The van der Waals surface area contributed by atoms with Gasteiger partial charge in [-0.3, -0.25) is 19.5 Å². The zero-order valence-electron chi connectivity index (χ0n) is 16.9. The Morgan fingerprint density at radius 1 is 1.10 bits per heavy atom. The van der Waals surface area contributed by atoms with E-state index in [1.165, 1.54) is 12.0 Å². The third-order valence-electron chi connectivity index (χ3n) is 5.17. The molecule has 1 aliphatic heterocycles. The molecular formula is C24H19BrN2O4. The van der Waals surface area contributed by atoms with Crippen molar-refractivity contribution < 1.29 is 19.4 Å². The summed E-state index contributed by atoms with van der Waals surface area (Å²) in [6.07, 6.45) is 3.19. The summed E-state index contributed by atoms with van der Waals surface area (Å²) in [6, 6.07) is 15.0. The van der Waals surface area contributed by atoms with Crippen molar-refractivity contribution >= 4 is 39.1 Å². The van der Waals surface area contributed by atoms with E-state index in [0.717, 1.165) is 5.56 Å². The molecule has 1 aromatic heterocycles. The monoisotopic (exact) mass is 478 g/mol. The molecule has 2 aromatic carbocycles. The number of ketones is 1. The summed E-state index contributed by atoms with van der Waals surface area (Å²) in [6.45, 7) is 1.91. The topological polar surface area (TPSA) is 79.7 Å². The molecular weight excluding hydrogens is 460 g/mol. The summed E-state index contributed by atoms with van der Waals surface area (Å²) in [5.41, 5.74) is 2.62. The van der Waals surface area contributed by atoms with E-state index in [1.54, 1.807) is 48.8 Å². The maximum atomic E-state index is 13.1. The first-order valence-corrected chi connectivity index (χ1v) is 10.3. The molecule has 4 rings (SSSR count). The Kier molecular flexibility index (Phi) is 5.61. The van der Waals surface area contributed by atoms with Crippen LogP contribution in [0.4, 0.5) is 5.69 Å². The highest BCUT2D eigenvalue weighted by Gasteiger charge is 2.47. The number of Topliss-reactive ketones (excluding diaryl/α,β-unsaturated/α-hetero) is 1. The van der Waals surface area contributed by atoms with Gasteiger partial charge in [0.2, 0.25) is 0 Å². The predicted octanol–water partition coefficient (Wildman–Crippen LogP) is 4.79. The number of ether oxygens (including phenoxy) is 1. The molecule has 7 heteroatoms. The zero-order valence-corrected chi connectivity index (χ0v) is 18.5. The van der Waals surface area contributed by atoms with Crippen LogP contribution >= 0.6 is 15.9 Å². The van der Waals surface area contributed by atoms with Gasteiger partial charge < -0.3 is 9.84 Å². The van der Waals surface area contributed by atoms with E-state index in [4.69, 9.17) is 4.74 Å². The Morgan fingerprint density at radius 2 is 1.84 bits per heavy atom. The van der Waals surface area contributed by atoms with Crippen LogP contribution in [0, 0.1) is 6.92 Å². The maximum absolute atomic E-state index is 13.1. The first-order chi connectivity index (χ1) is 14.9. The zero-order chi connectivity index (χ0) is 22.1. The Labute approximate surface area is 187 Å². The van der Waals surface area contributed by atoms with Gasteiger partial charge in [0, 0.05) is 23.6 Å². The lowest BCUT2D eigenvalue weighted by atomic mass is 9.95. The molecule has 0 aliphatic carbocycles. The third-order valence-corrected chi connectivity index (χ3v) is 5.79. The van der Waals surface area contributed by atoms with Crippen molar-refractivity contribution in [1.29, 1.82) is 0 Å². The SMILES string of the molecule is COc1ccc(/C(O)=C2/C(=O)C(=O)N(c3cccc(C)c3)C2c2ccncc2)cc1Br. The molecule has 1 aliphatic rings. The number of pyridine rings is 1. The summed E-state index contributed by atoms with van der Waals surface area (Å²) in [5.74, 6) is -1.10. The number of aromatic nitrogens is 1. The van der Waals surface area contributed by atoms with E-state index in [-0.39, 0.29) is 11.3 Å². The Bertz CT molecular complexity index is 1210. The number of aliphatic hydroxyl groups is 1. The molecule has 156 valence electrons. The minimum atomic E-state index is -0.786. The van der Waals surface area contributed by atoms with Crippen LogP contribution in [0.5, 0.6) is 5.75 Å². The van der Waals surface area contributed by atoms with Crippen LogP contribution in [0.3, 0.4) is 0 Å². The number of carbonyl (C=O) groups excluding carboxylic acids is 2. The number of rotatable bonds is 4. The molecule has 1 fully saturated rings. The molecule has 1 unspecified atom stereocenters. The highest BCUT2D eigenvalue weighted by Crippen LogP contribution is 2.42. The molecule has 0 radical (unpaired) electrons. The fourth-order valence-corrected chi connectivity index (χ4v) is 4.25. The summed E-state index contributed by atoms with van der Waals surface area (Å²) >= 11 is 3.40. The summed E-state index contributed by atoms with van der Waals surface area (Å²) < 4.78 is 5.86. The lowest BCUT2D eigenvalue weighted by Crippen LogP contribution is -2.29. The number of amides is 1. The van der Waals surface area contributed by atoms with Crippen LogP contribution < -0.4 is 9.64 Å². The number of halogens is 1. The maximum Gasteiger partial charge on any atom is 0.300 e. The molecule has 31 heavy (non-hydrogen) atoms. The van der Waals surface area contributed by atoms with Crippen molar-refractivity contribution in [3.8, 4) is 5.75 Å². The van der Waals surface area contributed by atoms with Gasteiger partial charge in [-0.2, -0.15) is 0 Å². The number of carbonyl (C=O) groups is 2. The Hall–Kier alpha value is -3.45. The summed E-state index contributed by atoms with van der Waals surface area (Å²) in [7, 11) is 1.54. The van der Waals surface area contributed by atoms with E-state index in [9.17, 15) is 14.7 Å². The molecule has 1 saturated heterocycles. The average molecular weight is 479 g/mol. The van der Waals surface area contributed by atoms with Crippen LogP contribution in [0.2, 0.25) is 0 Å². The van der Waals surface area contributed by atoms with Crippen molar-refractivity contribution in [2.75, 3.05) is 12.0 Å². The third kappa shape index (κ3) is 3.72. The molecule has 3 aromatic rings. The van der Waals surface area contributed by atoms with Gasteiger partial charge in [-0.1, -0.05) is 12.1 Å². The van der Waals surface area contributed by atoms with E-state index < -0.39 is 17.7 Å². The van der Waals surface area contributed by atoms with Crippen molar-refractivity contribution in [2.24, 2.45) is 0 Å². The Morgan fingerprint density at radius 3 is 2.48 bits per heavy atom. The van der Waals surface area contributed by atoms with Gasteiger partial charge >= 0.3 is 0 Å². The fraction of sp³-hybridized carbons (Fsp3) is 0.125. The minimum Gasteiger partial charge on any atom is -0.507 e. The number of aryl methyl sites for hydroxylation is 1. The predicted molar refractivity (Wildman–Crippen MR) is 121 cm³/mol. The molecule has 1 amide bonds. The molecule has 6 nitrogen and oxygen atoms in total. The number of nitrogens with zero attached hydrogens (tertiary/aromatic N) is 2. The number of aliphatic hydroxyl groups excluding tert-OH is 1. The van der Waals surface area contributed by atoms with Crippen LogP contribution in [0.1, 0.15) is 22.7 Å². The smallest absolute Gasteiger partial charge is 0.300 e. The van der Waals surface area contributed by atoms with Crippen LogP contribution in [0.25, 0.3) is 5.76 Å². The number of anilines is 1. The number of methoxy groups -OCH3 is 1. The molecule has 1 N–H and O–H groups in total. The van der Waals surface area contributed by atoms with Gasteiger partial charge in [0.05, 0.1) is 23.2 Å². The molecule has 0 bridgehead atoms. The van der Waals surface area contributed by atoms with Gasteiger partial charge in [-0.15, -0.1) is 0 Å². The molecule has 2 heterocycles. The molecule has 1 atom stereocenters. The van der Waals surface area contributed by atoms with E-state index in [0.29, 0.717) is 27.0 Å². The highest BCUT2D eigenvalue weighted by molar-refractivity contribution is 9.10. The van der Waals surface area contributed by atoms with Crippen molar-refractivity contribution in [3.63, 3.8) is 0 Å². The normalized spacial score (nSPS) is 17.8. The van der Waals surface area contributed by atoms with Crippen molar-refractivity contribution in [2.45, 2.75) is 13.0 Å². The van der Waals surface area contributed by atoms with Crippen molar-refractivity contribution in [1.82, 2.24) is 4.98 Å². The second-order valence-electron chi connectivity index (χ2n) is 7.14. The van der Waals surface area contributed by atoms with Crippen LogP contribution in [-0.4, -0.2) is 28.9 Å². The van der Waals surface area contributed by atoms with Gasteiger partial charge in [0.15, 0.2) is 0 Å². The van der Waals surface area contributed by atoms with E-state index >= 15 is 0 Å². The largest absolute Gasteiger partial charge is 0.507 e. The first kappa shape index (κ1) is 20.8. The van der Waals surface area contributed by atoms with Gasteiger partial charge in [0.1, 0.15) is 11.5 Å². The standard InChI is InChI=1S/C24H19BrN2O4/c1-14-4-3-5-17(12-14)27-21(15-8-10-26-11-9-15)20(23(29)24(27)30)22(28)16-6-7-19(31-2)18(25)13-16/h3-13,21,28H,1-2H3/b22-20-. The fourth-order valence-electron chi connectivity index (χ4n) is 3.71. The highest BCUT2D eigenvalue weighted by atomic mass is 79.9. The quantitative estimate of drug-likeness (QED) is 0.331. The second-order valence-corrected chi connectivity index (χ2v) is 7.99. The lowest BCUT2D eigenvalue weighted by Gasteiger charge is -2.25. The van der Waals surface area contributed by atoms with Crippen molar-refractivity contribution in [3.05, 3.63) is 93.7 Å².